The lowest BCUT2D eigenvalue weighted by Gasteiger charge is -2.32. The Morgan fingerprint density at radius 1 is 0.680 bits per heavy atom. The summed E-state index contributed by atoms with van der Waals surface area (Å²) < 4.78 is 18.6. The largest absolute Gasteiger partial charge is 0.375 e. The van der Waals surface area contributed by atoms with Crippen LogP contribution in [0, 0.1) is 0 Å². The quantitative estimate of drug-likeness (QED) is 0.356. The summed E-state index contributed by atoms with van der Waals surface area (Å²) in [4.78, 5) is 0. The molecule has 2 aliphatic rings. The van der Waals surface area contributed by atoms with E-state index in [9.17, 15) is 0 Å². The fourth-order valence-electron chi connectivity index (χ4n) is 4.45. The third kappa shape index (κ3) is 7.19. The van der Waals surface area contributed by atoms with E-state index >= 15 is 0 Å². The van der Waals surface area contributed by atoms with Crippen molar-refractivity contribution in [1.29, 1.82) is 0 Å². The van der Waals surface area contributed by atoms with Crippen LogP contribution >= 0.6 is 0 Å². The van der Waals surface area contributed by atoms with Crippen molar-refractivity contribution in [2.45, 2.75) is 115 Å². The fourth-order valence-corrected chi connectivity index (χ4v) is 4.45. The van der Waals surface area contributed by atoms with Gasteiger partial charge in [0.25, 0.3) is 0 Å². The molecule has 0 aromatic carbocycles. The van der Waals surface area contributed by atoms with Gasteiger partial charge in [-0.15, -0.1) is 0 Å². The third-order valence-corrected chi connectivity index (χ3v) is 6.07. The summed E-state index contributed by atoms with van der Waals surface area (Å²) in [7, 11) is 0. The van der Waals surface area contributed by atoms with E-state index in [0.717, 1.165) is 39.3 Å². The predicted molar refractivity (Wildman–Crippen MR) is 104 cm³/mol. The molecule has 2 unspecified atom stereocenters. The second-order valence-electron chi connectivity index (χ2n) is 8.38. The van der Waals surface area contributed by atoms with Gasteiger partial charge in [0.15, 0.2) is 0 Å². The first kappa shape index (κ1) is 21.2. The molecule has 2 fully saturated rings. The summed E-state index contributed by atoms with van der Waals surface area (Å²) in [6.45, 7) is 7.89. The van der Waals surface area contributed by atoms with E-state index in [1.165, 1.54) is 77.0 Å². The number of ether oxygens (including phenoxy) is 3. The van der Waals surface area contributed by atoms with Crippen LogP contribution in [0.4, 0.5) is 0 Å². The van der Waals surface area contributed by atoms with Gasteiger partial charge in [0.1, 0.15) is 0 Å². The predicted octanol–water partition coefficient (Wildman–Crippen LogP) is 6.04. The molecule has 0 aromatic heterocycles. The van der Waals surface area contributed by atoms with Crippen molar-refractivity contribution in [3.63, 3.8) is 0 Å². The van der Waals surface area contributed by atoms with E-state index in [4.69, 9.17) is 14.2 Å². The molecule has 2 aliphatic heterocycles. The van der Waals surface area contributed by atoms with Crippen LogP contribution < -0.4 is 0 Å². The highest BCUT2D eigenvalue weighted by atomic mass is 16.6. The van der Waals surface area contributed by atoms with Crippen molar-refractivity contribution in [2.24, 2.45) is 0 Å². The molecule has 2 atom stereocenters. The first-order valence-corrected chi connectivity index (χ1v) is 11.1. The van der Waals surface area contributed by atoms with Crippen LogP contribution in [0.5, 0.6) is 0 Å². The number of hydrogen-bond acceptors (Lipinski definition) is 3. The molecule has 0 spiro atoms. The van der Waals surface area contributed by atoms with Gasteiger partial charge in [0.05, 0.1) is 24.4 Å². The molecule has 0 amide bonds. The van der Waals surface area contributed by atoms with Crippen molar-refractivity contribution >= 4 is 0 Å². The second kappa shape index (κ2) is 11.6. The lowest BCUT2D eigenvalue weighted by molar-refractivity contribution is -0.116. The van der Waals surface area contributed by atoms with Gasteiger partial charge in [0.2, 0.25) is 0 Å². The van der Waals surface area contributed by atoms with Crippen molar-refractivity contribution in [1.82, 2.24) is 0 Å². The Balaban J connectivity index is 1.74. The van der Waals surface area contributed by atoms with E-state index in [1.54, 1.807) is 0 Å². The van der Waals surface area contributed by atoms with Gasteiger partial charge in [0, 0.05) is 13.2 Å². The number of rotatable bonds is 14. The maximum absolute atomic E-state index is 6.27. The molecule has 3 heteroatoms. The smallest absolute Gasteiger partial charge is 0.0915 e. The van der Waals surface area contributed by atoms with Gasteiger partial charge < -0.3 is 14.2 Å². The zero-order valence-electron chi connectivity index (χ0n) is 17.0. The zero-order chi connectivity index (χ0) is 17.8. The first-order valence-electron chi connectivity index (χ1n) is 11.1. The maximum Gasteiger partial charge on any atom is 0.0915 e. The van der Waals surface area contributed by atoms with Crippen molar-refractivity contribution in [2.75, 3.05) is 26.4 Å². The summed E-state index contributed by atoms with van der Waals surface area (Å²) >= 11 is 0. The summed E-state index contributed by atoms with van der Waals surface area (Å²) in [5, 5.41) is 0. The van der Waals surface area contributed by atoms with E-state index in [-0.39, 0.29) is 11.2 Å². The van der Waals surface area contributed by atoms with Gasteiger partial charge in [-0.1, -0.05) is 65.2 Å². The molecule has 3 nitrogen and oxygen atoms in total. The molecule has 2 saturated heterocycles. The molecule has 0 bridgehead atoms. The van der Waals surface area contributed by atoms with Gasteiger partial charge in [-0.25, -0.2) is 0 Å². The average molecular weight is 355 g/mol. The van der Waals surface area contributed by atoms with Gasteiger partial charge >= 0.3 is 0 Å². The summed E-state index contributed by atoms with van der Waals surface area (Å²) in [5.74, 6) is 0. The molecule has 0 saturated carbocycles. The van der Waals surface area contributed by atoms with Crippen molar-refractivity contribution in [3.05, 3.63) is 0 Å². The average Bonchev–Trinajstić information content (AvgIpc) is 3.27. The van der Waals surface area contributed by atoms with Crippen LogP contribution in [0.15, 0.2) is 0 Å². The Hall–Kier alpha value is -0.120. The van der Waals surface area contributed by atoms with Crippen LogP contribution in [-0.2, 0) is 14.2 Å². The Morgan fingerprint density at radius 3 is 1.52 bits per heavy atom. The SMILES string of the molecule is CCCCCCC1(COCC2(CCCCCC)CCCO2)CCCO1. The first-order chi connectivity index (χ1) is 12.2. The molecule has 0 radical (unpaired) electrons. The Labute approximate surface area is 156 Å². The molecule has 148 valence electrons. The highest BCUT2D eigenvalue weighted by Gasteiger charge is 2.38. The minimum Gasteiger partial charge on any atom is -0.375 e. The molecule has 0 N–H and O–H groups in total. The van der Waals surface area contributed by atoms with Gasteiger partial charge in [-0.05, 0) is 38.5 Å². The van der Waals surface area contributed by atoms with Crippen molar-refractivity contribution in [3.8, 4) is 0 Å². The maximum atomic E-state index is 6.27. The van der Waals surface area contributed by atoms with Crippen LogP contribution in [-0.4, -0.2) is 37.6 Å². The van der Waals surface area contributed by atoms with E-state index < -0.39 is 0 Å². The zero-order valence-corrected chi connectivity index (χ0v) is 17.0. The molecular weight excluding hydrogens is 312 g/mol. The monoisotopic (exact) mass is 354 g/mol. The normalized spacial score (nSPS) is 29.5. The molecule has 0 aromatic rings. The molecule has 0 aliphatic carbocycles. The Bertz CT molecular complexity index is 298. The molecular formula is C22H42O3. The third-order valence-electron chi connectivity index (χ3n) is 6.07. The molecule has 2 heterocycles. The van der Waals surface area contributed by atoms with Crippen molar-refractivity contribution < 1.29 is 14.2 Å². The standard InChI is InChI=1S/C22H42O3/c1-3-5-7-9-13-21(15-11-17-24-21)19-23-20-22(16-12-18-25-22)14-10-8-6-4-2/h3-20H2,1-2H3. The molecule has 25 heavy (non-hydrogen) atoms. The minimum atomic E-state index is -0.00422. The second-order valence-corrected chi connectivity index (χ2v) is 8.38. The lowest BCUT2D eigenvalue weighted by Crippen LogP contribution is -2.39. The highest BCUT2D eigenvalue weighted by Crippen LogP contribution is 2.35. The van der Waals surface area contributed by atoms with Crippen LogP contribution in [0.3, 0.4) is 0 Å². The van der Waals surface area contributed by atoms with Crippen LogP contribution in [0.1, 0.15) is 104 Å². The summed E-state index contributed by atoms with van der Waals surface area (Å²) in [6.07, 6.45) is 17.5. The van der Waals surface area contributed by atoms with E-state index in [1.807, 2.05) is 0 Å². The Morgan fingerprint density at radius 2 is 1.16 bits per heavy atom. The minimum absolute atomic E-state index is 0.00422. The summed E-state index contributed by atoms with van der Waals surface area (Å²) in [5.41, 5.74) is -0.00844. The van der Waals surface area contributed by atoms with Gasteiger partial charge in [-0.3, -0.25) is 0 Å². The van der Waals surface area contributed by atoms with E-state index in [2.05, 4.69) is 13.8 Å². The summed E-state index contributed by atoms with van der Waals surface area (Å²) in [6, 6.07) is 0. The molecule has 2 rings (SSSR count). The highest BCUT2D eigenvalue weighted by molar-refractivity contribution is 4.88. The fraction of sp³-hybridized carbons (Fsp3) is 1.00. The van der Waals surface area contributed by atoms with E-state index in [0.29, 0.717) is 0 Å². The van der Waals surface area contributed by atoms with Gasteiger partial charge in [-0.2, -0.15) is 0 Å². The van der Waals surface area contributed by atoms with Crippen LogP contribution in [0.25, 0.3) is 0 Å². The number of unbranched alkanes of at least 4 members (excludes halogenated alkanes) is 6. The topological polar surface area (TPSA) is 27.7 Å². The number of hydrogen-bond donors (Lipinski definition) is 0. The Kier molecular flexibility index (Phi) is 9.80. The van der Waals surface area contributed by atoms with Crippen LogP contribution in [0.2, 0.25) is 0 Å². The lowest BCUT2D eigenvalue weighted by atomic mass is 9.92.